The van der Waals surface area contributed by atoms with Crippen LogP contribution in [0.4, 0.5) is 5.82 Å². The van der Waals surface area contributed by atoms with Gasteiger partial charge in [0.2, 0.25) is 5.91 Å². The molecule has 1 aromatic carbocycles. The first kappa shape index (κ1) is 31.9. The van der Waals surface area contributed by atoms with E-state index in [1.807, 2.05) is 52.9 Å². The van der Waals surface area contributed by atoms with Gasteiger partial charge in [0.15, 0.2) is 5.65 Å². The topological polar surface area (TPSA) is 98.7 Å². The minimum Gasteiger partial charge on any atom is -0.494 e. The van der Waals surface area contributed by atoms with Gasteiger partial charge in [0.25, 0.3) is 0 Å². The summed E-state index contributed by atoms with van der Waals surface area (Å²) < 4.78 is 3.13. The number of anilines is 1. The Morgan fingerprint density at radius 1 is 1.22 bits per heavy atom. The van der Waals surface area contributed by atoms with Crippen LogP contribution < -0.4 is 62.4 Å². The molecular weight excluding hydrogens is 713 g/mol. The summed E-state index contributed by atoms with van der Waals surface area (Å²) in [6.07, 6.45) is 1.37. The van der Waals surface area contributed by atoms with Crippen LogP contribution in [0, 0.1) is 4.55 Å². The monoisotopic (exact) mass is 727 g/mol. The quantitative estimate of drug-likeness (QED) is 0.161. The fourth-order valence-corrected chi connectivity index (χ4v) is 2.66. The van der Waals surface area contributed by atoms with Gasteiger partial charge in [-0.25, -0.2) is 14.6 Å². The van der Waals surface area contributed by atoms with Crippen LogP contribution in [0.15, 0.2) is 36.7 Å². The van der Waals surface area contributed by atoms with E-state index in [0.717, 1.165) is 5.56 Å². The second-order valence-electron chi connectivity index (χ2n) is 4.91. The Kier molecular flexibility index (Phi) is 18.3. The molecule has 0 aliphatic heterocycles. The molecule has 3 rings (SSSR count). The Morgan fingerprint density at radius 3 is 2.44 bits per heavy atom. The number of benzene rings is 1. The van der Waals surface area contributed by atoms with Gasteiger partial charge in [-0.3, -0.25) is 27.4 Å². The molecule has 3 N–H and O–H groups in total. The maximum Gasteiger partial charge on any atom is 1.00 e. The molecule has 1 amide bonds. The summed E-state index contributed by atoms with van der Waals surface area (Å²) in [6, 6.07) is 9.09. The number of rotatable bonds is 4. The normalized spacial score (nSPS) is 10.4. The molecule has 127 valence electrons. The van der Waals surface area contributed by atoms with Crippen LogP contribution in [0.5, 0.6) is 0 Å². The van der Waals surface area contributed by atoms with E-state index in [0.29, 0.717) is 22.5 Å². The molecule has 1 atom stereocenters. The van der Waals surface area contributed by atoms with Gasteiger partial charge < -0.3 is 11.1 Å². The number of carbonyl (C=O) groups is 1. The van der Waals surface area contributed by atoms with Crippen LogP contribution in [-0.4, -0.2) is 25.7 Å². The molecule has 0 aliphatic carbocycles. The van der Waals surface area contributed by atoms with Crippen LogP contribution in [0.1, 0.15) is 13.0 Å². The van der Waals surface area contributed by atoms with Crippen molar-refractivity contribution in [1.82, 2.24) is 25.1 Å². The van der Waals surface area contributed by atoms with Gasteiger partial charge in [-0.05, 0) is 6.92 Å². The zero-order valence-corrected chi connectivity index (χ0v) is 28.8. The molecule has 12 heteroatoms. The zero-order chi connectivity index (χ0) is 16.4. The van der Waals surface area contributed by atoms with Crippen LogP contribution in [0.2, 0.25) is 0 Å². The molecular formula is C15H14IKN6OY3. The third-order valence-corrected chi connectivity index (χ3v) is 3.82. The van der Waals surface area contributed by atoms with Gasteiger partial charge in [-0.1, -0.05) is 30.3 Å². The van der Waals surface area contributed by atoms with Crippen molar-refractivity contribution in [2.24, 2.45) is 0 Å². The van der Waals surface area contributed by atoms with Crippen molar-refractivity contribution in [2.75, 3.05) is 5.73 Å². The van der Waals surface area contributed by atoms with Crippen molar-refractivity contribution in [1.29, 1.82) is 0 Å². The van der Waals surface area contributed by atoms with Crippen molar-refractivity contribution in [3.8, 4) is 11.3 Å². The van der Waals surface area contributed by atoms with Crippen molar-refractivity contribution in [2.45, 2.75) is 13.0 Å². The molecule has 2 aromatic heterocycles. The molecule has 3 radical (unpaired) electrons. The van der Waals surface area contributed by atoms with E-state index in [4.69, 9.17) is 5.73 Å². The molecule has 1 unspecified atom stereocenters. The summed E-state index contributed by atoms with van der Waals surface area (Å²) in [5, 5.41) is 7.89. The summed E-state index contributed by atoms with van der Waals surface area (Å²) in [5.41, 5.74) is 8.12. The number of hydrogen-bond acceptors (Lipinski definition) is 5. The average Bonchev–Trinajstić information content (AvgIpc) is 2.96. The summed E-state index contributed by atoms with van der Waals surface area (Å²) in [7, 11) is 0. The molecule has 0 spiro atoms. The summed E-state index contributed by atoms with van der Waals surface area (Å²) in [6.45, 7) is 1.76. The molecule has 3 aromatic rings. The number of carbonyl (C=O) groups excluding carboxylic acids is 1. The maximum absolute atomic E-state index is 12.1. The maximum atomic E-state index is 12.1. The van der Waals surface area contributed by atoms with Gasteiger partial charge in [-0.15, -0.1) is 0 Å². The number of nitrogens with zero attached hydrogens (tertiary/aromatic N) is 4. The summed E-state index contributed by atoms with van der Waals surface area (Å²) >= 11 is 1.96. The minimum absolute atomic E-state index is 0. The summed E-state index contributed by atoms with van der Waals surface area (Å²) in [4.78, 5) is 20.5. The smallest absolute Gasteiger partial charge is 0.494 e. The first-order chi connectivity index (χ1) is 11.1. The first-order valence-electron chi connectivity index (χ1n) is 6.90. The fraction of sp³-hybridized carbons (Fsp3) is 0.133. The van der Waals surface area contributed by atoms with Gasteiger partial charge in [0.1, 0.15) is 23.9 Å². The largest absolute Gasteiger partial charge is 1.00 e. The molecule has 2 heterocycles. The number of hydrogen-bond donors (Lipinski definition) is 2. The van der Waals surface area contributed by atoms with Crippen molar-refractivity contribution in [3.63, 3.8) is 0 Å². The van der Waals surface area contributed by atoms with E-state index in [9.17, 15) is 4.79 Å². The second-order valence-corrected chi connectivity index (χ2v) is 5.53. The van der Waals surface area contributed by atoms with E-state index in [-0.39, 0.29) is 155 Å². The predicted octanol–water partition coefficient (Wildman–Crippen LogP) is -0.697. The van der Waals surface area contributed by atoms with Crippen molar-refractivity contribution in [3.05, 3.63) is 41.2 Å². The number of nitrogens with one attached hydrogen (secondary N) is 1. The number of nitrogen functional groups attached to an aromatic ring is 1. The third-order valence-electron chi connectivity index (χ3n) is 3.51. The van der Waals surface area contributed by atoms with Crippen molar-refractivity contribution >= 4 is 45.3 Å². The fourth-order valence-electron chi connectivity index (χ4n) is 2.35. The van der Waals surface area contributed by atoms with E-state index in [1.165, 1.54) is 6.33 Å². The Bertz CT molecular complexity index is 867. The Labute approximate surface area is 289 Å². The molecule has 0 fully saturated rings. The van der Waals surface area contributed by atoms with Gasteiger partial charge in [0, 0.05) is 104 Å². The molecule has 7 nitrogen and oxygen atoms in total. The zero-order valence-electron chi connectivity index (χ0n) is 15.0. The third kappa shape index (κ3) is 7.66. The minimum atomic E-state index is -0.532. The van der Waals surface area contributed by atoms with Gasteiger partial charge >= 0.3 is 51.4 Å². The van der Waals surface area contributed by atoms with Crippen LogP contribution in [0.25, 0.3) is 22.3 Å². The first-order valence-corrected chi connectivity index (χ1v) is 8.14. The number of nitrogens with two attached hydrogens (primary N) is 1. The SMILES string of the molecule is CC(C(=O)N[CH-]I)n1nc(-c2ccccc2)c2c(N)ncnc21.[K+].[Y].[Y].[Y]. The van der Waals surface area contributed by atoms with E-state index < -0.39 is 6.04 Å². The predicted molar refractivity (Wildman–Crippen MR) is 96.3 cm³/mol. The number of aromatic nitrogens is 4. The van der Waals surface area contributed by atoms with Crippen LogP contribution in [-0.2, 0) is 103 Å². The Balaban J connectivity index is 0. The van der Waals surface area contributed by atoms with Gasteiger partial charge in [0.05, 0.1) is 5.39 Å². The standard InChI is InChI=1S/C15H14IN6O.K.3Y/c1-9(15(23)18-7-16)22-14-11(13(17)19-8-20-14)12(21-22)10-5-3-2-4-6-10;;;;/h2-9H,1H3,(H,18,23)(H2,17,19,20);;;;/q-1;+1;;;. The van der Waals surface area contributed by atoms with Crippen LogP contribution >= 0.6 is 22.6 Å². The number of fused-ring (bicyclic) bond motifs is 1. The number of halogens is 1. The van der Waals surface area contributed by atoms with E-state index in [2.05, 4.69) is 20.4 Å². The Hall–Kier alpha value is 2.72. The van der Waals surface area contributed by atoms with E-state index in [1.54, 1.807) is 16.2 Å². The van der Waals surface area contributed by atoms with Crippen molar-refractivity contribution < 1.29 is 154 Å². The molecule has 0 bridgehead atoms. The average molecular weight is 727 g/mol. The molecule has 0 aliphatic rings. The molecule has 0 saturated carbocycles. The molecule has 27 heavy (non-hydrogen) atoms. The van der Waals surface area contributed by atoms with E-state index >= 15 is 0 Å². The van der Waals surface area contributed by atoms with Gasteiger partial charge in [-0.2, -0.15) is 9.65 Å². The Morgan fingerprint density at radius 2 is 1.85 bits per heavy atom. The summed E-state index contributed by atoms with van der Waals surface area (Å²) in [5.74, 6) is 0.161. The second kappa shape index (κ2) is 15.5. The molecule has 0 saturated heterocycles. The van der Waals surface area contributed by atoms with Crippen LogP contribution in [0.3, 0.4) is 0 Å². The number of amides is 1.